The summed E-state index contributed by atoms with van der Waals surface area (Å²) in [5.74, 6) is -5.61. The molecule has 0 fully saturated rings. The lowest BCUT2D eigenvalue weighted by molar-refractivity contribution is -0.291. The van der Waals surface area contributed by atoms with Crippen LogP contribution in [-0.2, 0) is 19.1 Å². The highest BCUT2D eigenvalue weighted by Crippen LogP contribution is 2.47. The molecular formula is C7H4F8N2. The molecule has 17 heavy (non-hydrogen) atoms. The van der Waals surface area contributed by atoms with Crippen molar-refractivity contribution in [1.29, 1.82) is 0 Å². The lowest BCUT2D eigenvalue weighted by Gasteiger charge is -2.19. The van der Waals surface area contributed by atoms with Crippen LogP contribution in [0, 0.1) is 0 Å². The maximum absolute atomic E-state index is 12.8. The van der Waals surface area contributed by atoms with Crippen molar-refractivity contribution in [2.75, 3.05) is 0 Å². The molecule has 2 nitrogen and oxygen atoms in total. The van der Waals surface area contributed by atoms with Crippen LogP contribution in [0.5, 0.6) is 0 Å². The highest BCUT2D eigenvalue weighted by atomic mass is 19.4. The Morgan fingerprint density at radius 1 is 1.00 bits per heavy atom. The van der Waals surface area contributed by atoms with E-state index in [0.29, 0.717) is 0 Å². The SMILES string of the molecule is Cn1cc(C(F)(F)C(F)(F)F)c(C(F)(F)F)n1. The second-order valence-electron chi connectivity index (χ2n) is 3.13. The van der Waals surface area contributed by atoms with Gasteiger partial charge in [-0.25, -0.2) is 0 Å². The minimum absolute atomic E-state index is 0.00366. The van der Waals surface area contributed by atoms with E-state index in [1.54, 1.807) is 0 Å². The van der Waals surface area contributed by atoms with Crippen LogP contribution in [0.1, 0.15) is 11.3 Å². The molecule has 1 aromatic rings. The number of hydrogen-bond donors (Lipinski definition) is 0. The Kier molecular flexibility index (Phi) is 2.88. The molecule has 1 rings (SSSR count). The summed E-state index contributed by atoms with van der Waals surface area (Å²) in [5.41, 5.74) is -4.46. The molecule has 0 bridgehead atoms. The van der Waals surface area contributed by atoms with Crippen molar-refractivity contribution in [3.63, 3.8) is 0 Å². The standard InChI is InChI=1S/C7H4F8N2/c1-17-2-3(4(16-17)6(10,11)12)5(8,9)7(13,14)15/h2H,1H3. The highest BCUT2D eigenvalue weighted by molar-refractivity contribution is 5.26. The smallest absolute Gasteiger partial charge is 0.275 e. The van der Waals surface area contributed by atoms with Gasteiger partial charge in [0.25, 0.3) is 0 Å². The molecule has 0 saturated carbocycles. The Hall–Kier alpha value is -1.35. The van der Waals surface area contributed by atoms with E-state index in [1.165, 1.54) is 0 Å². The lowest BCUT2D eigenvalue weighted by Crippen LogP contribution is -2.35. The van der Waals surface area contributed by atoms with Crippen LogP contribution in [0.2, 0.25) is 0 Å². The average Bonchev–Trinajstić information content (AvgIpc) is 2.44. The monoisotopic (exact) mass is 268 g/mol. The van der Waals surface area contributed by atoms with E-state index in [1.807, 2.05) is 0 Å². The van der Waals surface area contributed by atoms with Crippen molar-refractivity contribution in [3.8, 4) is 0 Å². The van der Waals surface area contributed by atoms with Gasteiger partial charge in [-0.05, 0) is 0 Å². The van der Waals surface area contributed by atoms with Gasteiger partial charge in [0.2, 0.25) is 0 Å². The summed E-state index contributed by atoms with van der Waals surface area (Å²) < 4.78 is 98.3. The zero-order valence-corrected chi connectivity index (χ0v) is 8.00. The molecule has 98 valence electrons. The fourth-order valence-electron chi connectivity index (χ4n) is 1.08. The molecule has 0 saturated heterocycles. The summed E-state index contributed by atoms with van der Waals surface area (Å²) in [7, 11) is 0.811. The second-order valence-corrected chi connectivity index (χ2v) is 3.13. The van der Waals surface area contributed by atoms with Crippen LogP contribution in [-0.4, -0.2) is 16.0 Å². The minimum Gasteiger partial charge on any atom is -0.275 e. The highest BCUT2D eigenvalue weighted by Gasteiger charge is 2.62. The van der Waals surface area contributed by atoms with E-state index in [-0.39, 0.29) is 10.9 Å². The Morgan fingerprint density at radius 2 is 1.47 bits per heavy atom. The van der Waals surface area contributed by atoms with Gasteiger partial charge in [-0.2, -0.15) is 40.2 Å². The molecule has 0 aromatic carbocycles. The van der Waals surface area contributed by atoms with E-state index in [4.69, 9.17) is 0 Å². The van der Waals surface area contributed by atoms with Gasteiger partial charge in [-0.1, -0.05) is 0 Å². The van der Waals surface area contributed by atoms with E-state index >= 15 is 0 Å². The Bertz CT molecular complexity index is 412. The molecule has 1 aromatic heterocycles. The lowest BCUT2D eigenvalue weighted by atomic mass is 10.1. The third kappa shape index (κ3) is 2.34. The number of aromatic nitrogens is 2. The molecule has 0 N–H and O–H groups in total. The maximum atomic E-state index is 12.8. The fourth-order valence-corrected chi connectivity index (χ4v) is 1.08. The molecule has 0 aliphatic carbocycles. The first kappa shape index (κ1) is 13.7. The maximum Gasteiger partial charge on any atom is 0.458 e. The topological polar surface area (TPSA) is 17.8 Å². The van der Waals surface area contributed by atoms with Crippen molar-refractivity contribution in [3.05, 3.63) is 17.5 Å². The predicted octanol–water partition coefficient (Wildman–Crippen LogP) is 3.09. The zero-order valence-electron chi connectivity index (χ0n) is 8.00. The summed E-state index contributed by atoms with van der Waals surface area (Å²) >= 11 is 0. The summed E-state index contributed by atoms with van der Waals surface area (Å²) in [5, 5.41) is 2.57. The third-order valence-corrected chi connectivity index (χ3v) is 1.79. The predicted molar refractivity (Wildman–Crippen MR) is 38.2 cm³/mol. The molecule has 0 amide bonds. The van der Waals surface area contributed by atoms with Crippen molar-refractivity contribution < 1.29 is 35.1 Å². The Morgan fingerprint density at radius 3 is 1.82 bits per heavy atom. The number of aryl methyl sites for hydroxylation is 1. The van der Waals surface area contributed by atoms with Crippen molar-refractivity contribution in [2.45, 2.75) is 18.3 Å². The van der Waals surface area contributed by atoms with Gasteiger partial charge < -0.3 is 0 Å². The molecule has 0 atom stereocenters. The second kappa shape index (κ2) is 3.57. The first-order chi connectivity index (χ1) is 7.37. The normalized spacial score (nSPS) is 14.2. The van der Waals surface area contributed by atoms with Crippen LogP contribution in [0.15, 0.2) is 6.20 Å². The molecular weight excluding hydrogens is 264 g/mol. The molecule has 1 heterocycles. The van der Waals surface area contributed by atoms with E-state index in [0.717, 1.165) is 7.05 Å². The largest absolute Gasteiger partial charge is 0.458 e. The number of nitrogens with zero attached hydrogens (tertiary/aromatic N) is 2. The molecule has 0 radical (unpaired) electrons. The fraction of sp³-hybridized carbons (Fsp3) is 0.571. The Balaban J connectivity index is 3.42. The van der Waals surface area contributed by atoms with E-state index in [2.05, 4.69) is 5.10 Å². The molecule has 0 aliphatic heterocycles. The average molecular weight is 268 g/mol. The van der Waals surface area contributed by atoms with Gasteiger partial charge in [0, 0.05) is 13.2 Å². The summed E-state index contributed by atoms with van der Waals surface area (Å²) in [4.78, 5) is 0. The van der Waals surface area contributed by atoms with Crippen LogP contribution in [0.4, 0.5) is 35.1 Å². The van der Waals surface area contributed by atoms with Crippen LogP contribution in [0.3, 0.4) is 0 Å². The van der Waals surface area contributed by atoms with Crippen LogP contribution in [0.25, 0.3) is 0 Å². The molecule has 0 unspecified atom stereocenters. The number of alkyl halides is 8. The summed E-state index contributed by atoms with van der Waals surface area (Å²) in [6.07, 6.45) is -11.5. The van der Waals surface area contributed by atoms with Crippen LogP contribution >= 0.6 is 0 Å². The summed E-state index contributed by atoms with van der Waals surface area (Å²) in [6, 6.07) is 0. The minimum atomic E-state index is -6.12. The van der Waals surface area contributed by atoms with Crippen LogP contribution < -0.4 is 0 Å². The first-order valence-electron chi connectivity index (χ1n) is 3.93. The Labute approximate surface area is 88.8 Å². The van der Waals surface area contributed by atoms with Gasteiger partial charge >= 0.3 is 18.3 Å². The summed E-state index contributed by atoms with van der Waals surface area (Å²) in [6.45, 7) is 0. The first-order valence-corrected chi connectivity index (χ1v) is 3.93. The number of hydrogen-bond acceptors (Lipinski definition) is 1. The molecule has 10 heteroatoms. The van der Waals surface area contributed by atoms with Crippen molar-refractivity contribution >= 4 is 0 Å². The van der Waals surface area contributed by atoms with Crippen molar-refractivity contribution in [2.24, 2.45) is 7.05 Å². The zero-order chi connectivity index (χ0) is 13.6. The van der Waals surface area contributed by atoms with Gasteiger partial charge in [0.15, 0.2) is 5.69 Å². The van der Waals surface area contributed by atoms with Gasteiger partial charge in [0.1, 0.15) is 0 Å². The van der Waals surface area contributed by atoms with E-state index < -0.39 is 29.5 Å². The van der Waals surface area contributed by atoms with Gasteiger partial charge in [0.05, 0.1) is 5.56 Å². The quantitative estimate of drug-likeness (QED) is 0.715. The van der Waals surface area contributed by atoms with Gasteiger partial charge in [-0.15, -0.1) is 0 Å². The number of halogens is 8. The molecule has 0 spiro atoms. The molecule has 0 aliphatic rings. The van der Waals surface area contributed by atoms with Gasteiger partial charge in [-0.3, -0.25) is 4.68 Å². The number of rotatable bonds is 1. The third-order valence-electron chi connectivity index (χ3n) is 1.79. The van der Waals surface area contributed by atoms with Crippen molar-refractivity contribution in [1.82, 2.24) is 9.78 Å². The van der Waals surface area contributed by atoms with E-state index in [9.17, 15) is 35.1 Å².